The predicted octanol–water partition coefficient (Wildman–Crippen LogP) is -2.97. The normalized spacial score (nSPS) is 47.8. The highest BCUT2D eigenvalue weighted by molar-refractivity contribution is 4.97. The molecule has 66 valence electrons. The largest absolute Gasteiger partial charge is 0.395 e. The summed E-state index contributed by atoms with van der Waals surface area (Å²) in [6.07, 6.45) is -2.32. The van der Waals surface area contributed by atoms with Crippen molar-refractivity contribution in [1.82, 2.24) is 5.31 Å². The summed E-state index contributed by atoms with van der Waals surface area (Å²) in [5, 5.41) is 36.8. The van der Waals surface area contributed by atoms with Gasteiger partial charge in [-0.15, -0.1) is 0 Å². The minimum Gasteiger partial charge on any atom is -0.395 e. The van der Waals surface area contributed by atoms with Gasteiger partial charge in [-0.05, 0) is 0 Å². The number of hydrogen-bond donors (Lipinski definition) is 5. The molecule has 0 spiro atoms. The second-order valence-electron chi connectivity index (χ2n) is 2.63. The average Bonchev–Trinajstić information content (AvgIpc) is 2.25. The zero-order valence-electron chi connectivity index (χ0n) is 6.96. The molecular weight excluding hydrogens is 150 g/mol. The molecule has 1 heterocycles. The molecule has 11 heavy (non-hydrogen) atoms. The topological polar surface area (TPSA) is 93.0 Å². The molecule has 1 rings (SSSR count). The summed E-state index contributed by atoms with van der Waals surface area (Å²) in [4.78, 5) is 0. The van der Waals surface area contributed by atoms with E-state index in [4.69, 9.17) is 11.6 Å². The minimum absolute atomic E-state index is 0.405. The third-order valence-corrected chi connectivity index (χ3v) is 1.90. The summed E-state index contributed by atoms with van der Waals surface area (Å²) in [5.74, 6) is 0. The number of nitrogens with one attached hydrogen (secondary N) is 1. The van der Waals surface area contributed by atoms with Crippen LogP contribution in [-0.2, 0) is 0 Å². The van der Waals surface area contributed by atoms with Crippen molar-refractivity contribution in [3.8, 4) is 0 Å². The Morgan fingerprint density at radius 1 is 1.09 bits per heavy atom. The molecule has 0 saturated carbocycles. The van der Waals surface area contributed by atoms with Crippen LogP contribution >= 0.6 is 0 Å². The highest BCUT2D eigenvalue weighted by atomic mass is 16.3. The molecule has 0 aromatic heterocycles. The standard InChI is InChI=1S/C6H13NO4/c8-1-3-5(10)6(11)4(2-9)7-3/h3-11H,1-2H2/t3-,4+,5-,6-/m1/s1/i/hD. The molecule has 5 N–H and O–H groups in total. The summed E-state index contributed by atoms with van der Waals surface area (Å²) in [6, 6.07) is -1.62. The fraction of sp³-hybridized carbons (Fsp3) is 1.00. The summed E-state index contributed by atoms with van der Waals surface area (Å²) in [6.45, 7) is -0.809. The van der Waals surface area contributed by atoms with Gasteiger partial charge in [0.05, 0.1) is 37.5 Å². The fourth-order valence-electron chi connectivity index (χ4n) is 1.19. The summed E-state index contributed by atoms with van der Waals surface area (Å²) < 4.78 is 7.30. The molecule has 4 atom stereocenters. The Morgan fingerprint density at radius 2 is 1.45 bits per heavy atom. The molecule has 1 saturated heterocycles. The van der Waals surface area contributed by atoms with Crippen LogP contribution in [0.2, 0.25) is 1.41 Å². The van der Waals surface area contributed by atoms with Crippen molar-refractivity contribution in [3.63, 3.8) is 0 Å². The van der Waals surface area contributed by atoms with Crippen LogP contribution in [0.5, 0.6) is 0 Å². The smallest absolute Gasteiger partial charge is 0.123 e. The van der Waals surface area contributed by atoms with E-state index in [1.165, 1.54) is 0 Å². The van der Waals surface area contributed by atoms with Crippen LogP contribution in [0.3, 0.4) is 0 Å². The molecule has 1 aliphatic heterocycles. The molecule has 0 aromatic rings. The van der Waals surface area contributed by atoms with Crippen LogP contribution in [0, 0.1) is 0 Å². The van der Waals surface area contributed by atoms with Crippen molar-refractivity contribution in [2.24, 2.45) is 0 Å². The first-order valence-electron chi connectivity index (χ1n) is 3.93. The third kappa shape index (κ3) is 1.52. The van der Waals surface area contributed by atoms with Gasteiger partial charge < -0.3 is 25.7 Å². The van der Waals surface area contributed by atoms with Gasteiger partial charge in [-0.25, -0.2) is 0 Å². The number of rotatable bonds is 2. The van der Waals surface area contributed by atoms with Crippen molar-refractivity contribution in [1.29, 1.82) is 0 Å². The lowest BCUT2D eigenvalue weighted by Crippen LogP contribution is -2.37. The van der Waals surface area contributed by atoms with Gasteiger partial charge in [-0.1, -0.05) is 0 Å². The molecule has 0 aliphatic carbocycles. The number of aliphatic hydroxyl groups excluding tert-OH is 4. The van der Waals surface area contributed by atoms with Crippen LogP contribution < -0.4 is 5.31 Å². The van der Waals surface area contributed by atoms with E-state index in [1.807, 2.05) is 0 Å². The molecular formula is C6H13NO4. The van der Waals surface area contributed by atoms with E-state index in [1.54, 1.807) is 0 Å². The number of aliphatic hydroxyl groups is 4. The van der Waals surface area contributed by atoms with Crippen molar-refractivity contribution in [2.75, 3.05) is 13.2 Å². The van der Waals surface area contributed by atoms with Gasteiger partial charge in [0.2, 0.25) is 0 Å². The van der Waals surface area contributed by atoms with Gasteiger partial charge in [-0.3, -0.25) is 0 Å². The quantitative estimate of drug-likeness (QED) is 0.300. The molecule has 0 radical (unpaired) electrons. The van der Waals surface area contributed by atoms with Crippen molar-refractivity contribution in [3.05, 3.63) is 0 Å². The van der Waals surface area contributed by atoms with Gasteiger partial charge >= 0.3 is 0 Å². The van der Waals surface area contributed by atoms with Crippen LogP contribution in [0.1, 0.15) is 0 Å². The molecule has 0 aromatic carbocycles. The molecule has 5 heteroatoms. The summed E-state index contributed by atoms with van der Waals surface area (Å²) >= 11 is 0. The third-order valence-electron chi connectivity index (χ3n) is 1.90. The monoisotopic (exact) mass is 164 g/mol. The maximum atomic E-state index is 9.25. The van der Waals surface area contributed by atoms with Gasteiger partial charge in [0.15, 0.2) is 0 Å². The predicted molar refractivity (Wildman–Crippen MR) is 36.9 cm³/mol. The molecule has 1 aliphatic rings. The van der Waals surface area contributed by atoms with Crippen molar-refractivity contribution >= 4 is 0 Å². The Morgan fingerprint density at radius 3 is 1.64 bits per heavy atom. The van der Waals surface area contributed by atoms with E-state index in [9.17, 15) is 10.2 Å². The van der Waals surface area contributed by atoms with E-state index < -0.39 is 37.5 Å². The van der Waals surface area contributed by atoms with Gasteiger partial charge in [0.1, 0.15) is 1.41 Å². The summed E-state index contributed by atoms with van der Waals surface area (Å²) in [5.41, 5.74) is 0. The minimum atomic E-state index is -1.16. The van der Waals surface area contributed by atoms with Crippen molar-refractivity contribution < 1.29 is 21.8 Å². The molecule has 0 bridgehead atoms. The first-order chi connectivity index (χ1) is 5.63. The van der Waals surface area contributed by atoms with Crippen LogP contribution in [-0.4, -0.2) is 57.9 Å². The first kappa shape index (κ1) is 7.45. The maximum Gasteiger partial charge on any atom is 0.123 e. The average molecular weight is 164 g/mol. The van der Waals surface area contributed by atoms with E-state index >= 15 is 0 Å². The Bertz CT molecular complexity index is 142. The Balaban J connectivity index is 2.71. The van der Waals surface area contributed by atoms with Gasteiger partial charge in [0, 0.05) is 0 Å². The lowest BCUT2D eigenvalue weighted by atomic mass is 10.1. The van der Waals surface area contributed by atoms with E-state index in [0.29, 0.717) is 0 Å². The Kier molecular flexibility index (Phi) is 2.35. The zero-order chi connectivity index (χ0) is 9.30. The van der Waals surface area contributed by atoms with E-state index in [-0.39, 0.29) is 0 Å². The highest BCUT2D eigenvalue weighted by Gasteiger charge is 2.39. The second kappa shape index (κ2) is 3.46. The van der Waals surface area contributed by atoms with Crippen LogP contribution in [0.4, 0.5) is 0 Å². The lowest BCUT2D eigenvalue weighted by molar-refractivity contribution is 0.0130. The SMILES string of the molecule is [2H]N1[C@H](CO)[C@@H](O)[C@H](O)[C@@H]1CO. The zero-order valence-corrected chi connectivity index (χ0v) is 5.96. The lowest BCUT2D eigenvalue weighted by Gasteiger charge is -2.12. The molecule has 5 nitrogen and oxygen atoms in total. The van der Waals surface area contributed by atoms with Crippen molar-refractivity contribution in [2.45, 2.75) is 24.3 Å². The van der Waals surface area contributed by atoms with Gasteiger partial charge in [0.25, 0.3) is 0 Å². The number of hydrogen-bond acceptors (Lipinski definition) is 5. The molecule has 0 amide bonds. The fourth-order valence-corrected chi connectivity index (χ4v) is 1.19. The Labute approximate surface area is 65.7 Å². The summed E-state index contributed by atoms with van der Waals surface area (Å²) in [7, 11) is 0. The van der Waals surface area contributed by atoms with Gasteiger partial charge in [-0.2, -0.15) is 0 Å². The maximum absolute atomic E-state index is 9.25. The van der Waals surface area contributed by atoms with E-state index in [2.05, 4.69) is 0 Å². The van der Waals surface area contributed by atoms with Crippen LogP contribution in [0.15, 0.2) is 0 Å². The van der Waals surface area contributed by atoms with E-state index in [0.717, 1.165) is 5.31 Å². The Hall–Kier alpha value is -0.200. The molecule has 1 fully saturated rings. The first-order valence-corrected chi connectivity index (χ1v) is 3.48. The molecule has 0 unspecified atom stereocenters. The van der Waals surface area contributed by atoms with Crippen LogP contribution in [0.25, 0.3) is 0 Å². The second-order valence-corrected chi connectivity index (χ2v) is 2.63. The highest BCUT2D eigenvalue weighted by Crippen LogP contribution is 2.13.